The van der Waals surface area contributed by atoms with Gasteiger partial charge in [0.25, 0.3) is 5.91 Å². The minimum atomic E-state index is -4.03. The number of amides is 3. The second kappa shape index (κ2) is 47.6. The Morgan fingerprint density at radius 2 is 0.725 bits per heavy atom. The van der Waals surface area contributed by atoms with Crippen molar-refractivity contribution in [2.24, 2.45) is 5.92 Å². The number of para-hydroxylation sites is 1. The van der Waals surface area contributed by atoms with Crippen LogP contribution in [0.3, 0.4) is 0 Å². The molecule has 138 heavy (non-hydrogen) atoms. The second-order valence-electron chi connectivity index (χ2n) is 33.1. The van der Waals surface area contributed by atoms with Crippen molar-refractivity contribution >= 4 is 133 Å². The maximum absolute atomic E-state index is 13.7. The van der Waals surface area contributed by atoms with E-state index >= 15 is 0 Å². The summed E-state index contributed by atoms with van der Waals surface area (Å²) in [6.45, 7) is 17.7. The van der Waals surface area contributed by atoms with E-state index in [-0.39, 0.29) is 123 Å². The lowest BCUT2D eigenvalue weighted by molar-refractivity contribution is -0.132. The number of ether oxygens (including phenoxy) is 4. The van der Waals surface area contributed by atoms with Crippen molar-refractivity contribution in [3.8, 4) is 64.5 Å². The normalized spacial score (nSPS) is 14.5. The summed E-state index contributed by atoms with van der Waals surface area (Å²) in [5.41, 5.74) is 7.22. The van der Waals surface area contributed by atoms with Gasteiger partial charge >= 0.3 is 6.09 Å². The maximum atomic E-state index is 13.7. The first kappa shape index (κ1) is 105. The van der Waals surface area contributed by atoms with E-state index in [0.717, 1.165) is 49.7 Å². The van der Waals surface area contributed by atoms with Crippen LogP contribution in [0.1, 0.15) is 92.7 Å². The van der Waals surface area contributed by atoms with Crippen molar-refractivity contribution in [3.05, 3.63) is 312 Å². The van der Waals surface area contributed by atoms with Crippen LogP contribution in [-0.4, -0.2) is 198 Å². The summed E-state index contributed by atoms with van der Waals surface area (Å²) in [7, 11) is -15.8. The van der Waals surface area contributed by atoms with Crippen molar-refractivity contribution in [3.63, 3.8) is 0 Å². The molecular formula is C101H98Cl4N12O15S6. The Morgan fingerprint density at radius 3 is 1.11 bits per heavy atom. The molecule has 0 bridgehead atoms. The predicted octanol–water partition coefficient (Wildman–Crippen LogP) is 19.7. The Bertz CT molecular complexity index is 6920. The van der Waals surface area contributed by atoms with Gasteiger partial charge in [-0.15, -0.1) is 0 Å². The molecule has 3 amide bonds. The molecular weight excluding hydrogens is 1960 g/mol. The predicted molar refractivity (Wildman–Crippen MR) is 535 cm³/mol. The van der Waals surface area contributed by atoms with E-state index in [2.05, 4.69) is 18.7 Å². The zero-order chi connectivity index (χ0) is 99.3. The molecule has 11 aromatic carbocycles. The van der Waals surface area contributed by atoms with Crippen LogP contribution >= 0.6 is 70.4 Å². The highest BCUT2D eigenvalue weighted by molar-refractivity contribution is 8.00. The molecule has 0 saturated carbocycles. The summed E-state index contributed by atoms with van der Waals surface area (Å²) in [6.07, 6.45) is 1.28. The van der Waals surface area contributed by atoms with Crippen molar-refractivity contribution in [1.82, 2.24) is 36.8 Å². The Balaban J connectivity index is 0.000000165. The lowest BCUT2D eigenvalue weighted by atomic mass is 10.1. The lowest BCUT2D eigenvalue weighted by Crippen LogP contribution is -2.51. The van der Waals surface area contributed by atoms with E-state index in [1.54, 1.807) is 119 Å². The first-order chi connectivity index (χ1) is 65.8. The Hall–Kier alpha value is -12.0. The minimum absolute atomic E-state index is 0.00253. The summed E-state index contributed by atoms with van der Waals surface area (Å²) in [5.74, 6) is 2.31. The number of nitrogens with zero attached hydrogens (tertiary/aromatic N) is 12. The average molecular weight is 2050 g/mol. The first-order valence-electron chi connectivity index (χ1n) is 43.7. The van der Waals surface area contributed by atoms with E-state index in [1.165, 1.54) is 94.5 Å². The first-order valence-corrected chi connectivity index (χ1v) is 52.2. The molecule has 0 aliphatic carbocycles. The van der Waals surface area contributed by atoms with Crippen molar-refractivity contribution < 1.29 is 67.0 Å². The fourth-order valence-electron chi connectivity index (χ4n) is 15.2. The molecule has 27 nitrogen and oxygen atoms in total. The van der Waals surface area contributed by atoms with E-state index in [9.17, 15) is 69.1 Å². The Kier molecular flexibility index (Phi) is 36.2. The molecule has 37 heteroatoms. The van der Waals surface area contributed by atoms with E-state index in [0.29, 0.717) is 125 Å². The van der Waals surface area contributed by atoms with Gasteiger partial charge < -0.3 is 38.5 Å². The monoisotopic (exact) mass is 2050 g/mol. The summed E-state index contributed by atoms with van der Waals surface area (Å²) < 4.78 is 137. The lowest BCUT2D eigenvalue weighted by Gasteiger charge is -2.36. The number of thiocarbonyl (C=S) groups is 1. The third-order valence-corrected chi connectivity index (χ3v) is 32.4. The Morgan fingerprint density at radius 1 is 0.377 bits per heavy atom. The van der Waals surface area contributed by atoms with Gasteiger partial charge in [0.05, 0.1) is 56.4 Å². The zero-order valence-electron chi connectivity index (χ0n) is 76.4. The molecule has 0 unspecified atom stereocenters. The summed E-state index contributed by atoms with van der Waals surface area (Å²) in [5, 5.41) is 39.4. The molecule has 4 aliphatic rings. The molecule has 0 aromatic heterocycles. The van der Waals surface area contributed by atoms with Gasteiger partial charge in [0.15, 0.2) is 0 Å². The van der Waals surface area contributed by atoms with Crippen LogP contribution in [0.2, 0.25) is 20.1 Å². The highest BCUT2D eigenvalue weighted by atomic mass is 35.5. The molecule has 15 rings (SSSR count). The molecule has 716 valence electrons. The number of piperazine rings is 4. The van der Waals surface area contributed by atoms with Gasteiger partial charge in [-0.2, -0.15) is 38.3 Å². The van der Waals surface area contributed by atoms with Crippen LogP contribution in [-0.2, 0) is 51.3 Å². The van der Waals surface area contributed by atoms with Gasteiger partial charge in [-0.1, -0.05) is 150 Å². The van der Waals surface area contributed by atoms with Gasteiger partial charge in [0.1, 0.15) is 54.9 Å². The number of carbonyl (C=O) groups is 3. The third kappa shape index (κ3) is 28.0. The molecule has 4 heterocycles. The number of hydrogen-bond acceptors (Lipinski definition) is 21. The number of nitriles is 4. The van der Waals surface area contributed by atoms with Crippen LogP contribution < -0.4 is 18.9 Å². The van der Waals surface area contributed by atoms with Crippen LogP contribution in [0.25, 0.3) is 0 Å². The van der Waals surface area contributed by atoms with Crippen LogP contribution in [0, 0.1) is 85.9 Å². The van der Waals surface area contributed by atoms with Crippen molar-refractivity contribution in [2.75, 3.05) is 105 Å². The van der Waals surface area contributed by atoms with Crippen LogP contribution in [0.15, 0.2) is 260 Å². The average Bonchev–Trinajstić information content (AvgIpc) is 0.796. The van der Waals surface area contributed by atoms with Crippen molar-refractivity contribution in [2.45, 2.75) is 97.1 Å². The fourth-order valence-corrected chi connectivity index (χ4v) is 24.6. The van der Waals surface area contributed by atoms with Crippen LogP contribution in [0.5, 0.6) is 40.2 Å². The number of carbonyl (C=O) groups excluding carboxylic acids is 3. The minimum Gasteiger partial charge on any atom is -0.456 e. The Labute approximate surface area is 835 Å². The van der Waals surface area contributed by atoms with Crippen molar-refractivity contribution in [1.29, 1.82) is 21.0 Å². The SMILES string of the molecule is Cc1cc(Cl)cc(Oc2ccc(C#N)cc2S(=O)(=O)N2CCN(C(=O)CCc3ccccc3)CC2)c1.Cc1cc(Cl)cc(Oc2ccc(C#N)cc2S(=O)(=O)N2CCN(C(=O)Oc3ccccc3)CC2)c1.Cc1cc(Cl)cc(Oc2ccc(C#N)cc2S(=O)(=O)N2CCN(C(=S)CC(C)C)CC2)c1.Cc1ccc(C(=O)N2CCN(S(=O)(=O)c3cc(C#N)ccc3Sc3cc(C)cc(Cl)c3)CC2)cc1. The molecule has 4 fully saturated rings. The molecule has 0 radical (unpaired) electrons. The summed E-state index contributed by atoms with van der Waals surface area (Å²) in [4.78, 5) is 46.9. The molecule has 4 aliphatic heterocycles. The maximum Gasteiger partial charge on any atom is 0.415 e. The van der Waals surface area contributed by atoms with Gasteiger partial charge in [0.2, 0.25) is 46.0 Å². The molecule has 0 N–H and O–H groups in total. The highest BCUT2D eigenvalue weighted by Gasteiger charge is 2.39. The van der Waals surface area contributed by atoms with E-state index in [1.807, 2.05) is 120 Å². The summed E-state index contributed by atoms with van der Waals surface area (Å²) >= 11 is 31.4. The second-order valence-corrected chi connectivity index (χ2v) is 44.1. The van der Waals surface area contributed by atoms with Gasteiger partial charge in [-0.05, 0) is 245 Å². The molecule has 4 saturated heterocycles. The standard InChI is InChI=1S/C27H26ClN3O4S.C26H24ClN3O3S2.C25H22ClN3O5S.C23H26ClN3O3S2/c1-20-15-23(28)18-24(16-20)35-25-9-7-22(19-29)17-26(25)36(33,34)31-13-11-30(12-14-31)27(32)10-8-21-5-3-2-4-6-21;1-18-3-6-21(7-4-18)26(31)29-9-11-30(12-10-29)35(32,33)25-15-20(17-28)5-8-24(25)34-23-14-19(2)13-22(27)16-23;1-18-13-20(26)16-22(14-18)33-23-8-7-19(17-27)15-24(23)35(31,32)29-11-9-28(10-12-29)25(30)34-21-5-3-2-4-6-21;1-16(2)10-23(31)26-6-8-27(9-7-26)32(28,29)22-13-18(15-25)4-5-21(22)30-20-12-17(3)11-19(24)14-20/h2-7,9,15-18H,8,10-14H2,1H3;3-8,13-16H,9-12H2,1-2H3;2-8,13-16H,9-12H2,1H3;4-5,11-14,16H,6-10H2,1-3H3. The van der Waals surface area contributed by atoms with Crippen LogP contribution in [0.4, 0.5) is 4.79 Å². The molecule has 11 aromatic rings. The smallest absolute Gasteiger partial charge is 0.415 e. The quantitative estimate of drug-likeness (QED) is 0.0537. The number of sulfonamides is 4. The largest absolute Gasteiger partial charge is 0.456 e. The number of hydrogen-bond donors (Lipinski definition) is 0. The number of rotatable bonds is 23. The van der Waals surface area contributed by atoms with E-state index < -0.39 is 46.2 Å². The fraction of sp³-hybridized carbons (Fsp3) is 0.267. The number of halogens is 4. The molecule has 0 atom stereocenters. The molecule has 0 spiro atoms. The number of benzene rings is 11. The highest BCUT2D eigenvalue weighted by Crippen LogP contribution is 2.41. The third-order valence-electron chi connectivity index (χ3n) is 22.2. The summed E-state index contributed by atoms with van der Waals surface area (Å²) in [6, 6.07) is 72.3. The van der Waals surface area contributed by atoms with Gasteiger partial charge in [0, 0.05) is 153 Å². The number of aryl methyl sites for hydroxylation is 6. The zero-order valence-corrected chi connectivity index (χ0v) is 84.3. The topological polar surface area (TPSA) is 346 Å². The van der Waals surface area contributed by atoms with Gasteiger partial charge in [-0.25, -0.2) is 38.5 Å². The van der Waals surface area contributed by atoms with E-state index in [4.69, 9.17) is 77.6 Å². The van der Waals surface area contributed by atoms with Gasteiger partial charge in [-0.3, -0.25) is 9.59 Å².